The van der Waals surface area contributed by atoms with E-state index >= 15 is 0 Å². The summed E-state index contributed by atoms with van der Waals surface area (Å²) in [7, 11) is 4.63. The van der Waals surface area contributed by atoms with Crippen LogP contribution in [0.2, 0.25) is 0 Å². The molecule has 1 N–H and O–H groups in total. The zero-order valence-electron chi connectivity index (χ0n) is 20.9. The number of piperazine rings is 1. The summed E-state index contributed by atoms with van der Waals surface area (Å²) < 4.78 is 19.6. The maximum Gasteiger partial charge on any atom is 0.242 e. The Hall–Kier alpha value is -0.740. The fraction of sp³-hybridized carbons (Fsp3) is 0.769. The number of aliphatic hydroxyl groups is 1. The summed E-state index contributed by atoms with van der Waals surface area (Å²) in [6.45, 7) is 11.0. The minimum Gasteiger partial charge on any atom is -0.459 e. The molecule has 2 aliphatic rings. The number of halogens is 1. The maximum absolute atomic E-state index is 14.1. The molecule has 1 aliphatic carbocycles. The number of hydrogen-bond acceptors (Lipinski definition) is 4. The monoisotopic (exact) mass is 468 g/mol. The van der Waals surface area contributed by atoms with Crippen LogP contribution in [0.3, 0.4) is 0 Å². The molecule has 1 aromatic rings. The Kier molecular flexibility index (Phi) is 10.9. The minimum absolute atomic E-state index is 0.00258. The van der Waals surface area contributed by atoms with Gasteiger partial charge in [0.1, 0.15) is 5.75 Å². The van der Waals surface area contributed by atoms with Crippen LogP contribution in [-0.4, -0.2) is 72.3 Å². The fourth-order valence-corrected chi connectivity index (χ4v) is 5.23. The topological polar surface area (TPSA) is 35.9 Å². The third kappa shape index (κ3) is 7.94. The van der Waals surface area contributed by atoms with Gasteiger partial charge in [0.2, 0.25) is 5.85 Å². The number of alkyl halides is 1. The molecule has 0 radical (unpaired) electrons. The van der Waals surface area contributed by atoms with E-state index in [2.05, 4.69) is 39.1 Å². The first-order chi connectivity index (χ1) is 15.2. The second kappa shape index (κ2) is 12.6. The average molecular weight is 469 g/mol. The SMILES string of the molecule is CC[C@@H]1CN(CC(c2cccc(OC(C)(C)F)c2)C2(O)CCCCCC2)CCN1C.CP. The van der Waals surface area contributed by atoms with Gasteiger partial charge in [-0.05, 0) is 44.0 Å². The summed E-state index contributed by atoms with van der Waals surface area (Å²) in [4.78, 5) is 4.97. The maximum atomic E-state index is 14.1. The third-order valence-electron chi connectivity index (χ3n) is 7.01. The van der Waals surface area contributed by atoms with E-state index in [0.29, 0.717) is 11.8 Å². The molecule has 0 spiro atoms. The normalized spacial score (nSPS) is 23.6. The molecule has 184 valence electrons. The van der Waals surface area contributed by atoms with Gasteiger partial charge in [0.25, 0.3) is 0 Å². The van der Waals surface area contributed by atoms with Crippen LogP contribution < -0.4 is 4.74 Å². The lowest BCUT2D eigenvalue weighted by molar-refractivity contribution is -0.0272. The molecule has 1 saturated heterocycles. The van der Waals surface area contributed by atoms with Gasteiger partial charge < -0.3 is 14.7 Å². The van der Waals surface area contributed by atoms with Crippen molar-refractivity contribution in [1.82, 2.24) is 9.80 Å². The van der Waals surface area contributed by atoms with E-state index in [1.807, 2.05) is 24.9 Å². The first kappa shape index (κ1) is 27.5. The molecule has 6 heteroatoms. The number of ether oxygens (including phenoxy) is 1. The van der Waals surface area contributed by atoms with Gasteiger partial charge in [-0.1, -0.05) is 51.4 Å². The summed E-state index contributed by atoms with van der Waals surface area (Å²) in [5.74, 6) is -1.19. The fourth-order valence-electron chi connectivity index (χ4n) is 5.23. The summed E-state index contributed by atoms with van der Waals surface area (Å²) in [6, 6.07) is 8.33. The second-order valence-corrected chi connectivity index (χ2v) is 9.91. The van der Waals surface area contributed by atoms with Gasteiger partial charge in [-0.25, -0.2) is 0 Å². The van der Waals surface area contributed by atoms with Crippen molar-refractivity contribution in [2.75, 3.05) is 39.9 Å². The summed E-state index contributed by atoms with van der Waals surface area (Å²) >= 11 is 0. The smallest absolute Gasteiger partial charge is 0.242 e. The summed E-state index contributed by atoms with van der Waals surface area (Å²) in [5, 5.41) is 11.8. The largest absolute Gasteiger partial charge is 0.459 e. The van der Waals surface area contributed by atoms with Crippen molar-refractivity contribution < 1.29 is 14.2 Å². The molecule has 2 unspecified atom stereocenters. The molecular formula is C26H46FN2O2P. The molecule has 1 aliphatic heterocycles. The first-order valence-electron chi connectivity index (χ1n) is 12.4. The standard InChI is InChI=1S/C25H41FN2O2.CH5P/c1-5-21-18-28(16-15-27(21)4)19-23(25(29)13-8-6-7-9-14-25)20-11-10-12-22(17-20)30-24(2,3)26;1-2/h10-12,17,21,23,29H,5-9,13-16,18-19H2,1-4H3;2H2,1H3/t21-,23?;/m1./s1. The van der Waals surface area contributed by atoms with Gasteiger partial charge in [-0.15, -0.1) is 9.24 Å². The lowest BCUT2D eigenvalue weighted by atomic mass is 9.76. The molecule has 1 heterocycles. The van der Waals surface area contributed by atoms with Gasteiger partial charge in [0, 0.05) is 52.0 Å². The average Bonchev–Trinajstić information content (AvgIpc) is 2.98. The number of nitrogens with zero attached hydrogens (tertiary/aromatic N) is 2. The van der Waals surface area contributed by atoms with Crippen LogP contribution in [0.1, 0.15) is 77.2 Å². The molecular weight excluding hydrogens is 422 g/mol. The van der Waals surface area contributed by atoms with Gasteiger partial charge in [0.15, 0.2) is 0 Å². The first-order valence-corrected chi connectivity index (χ1v) is 13.6. The van der Waals surface area contributed by atoms with Crippen molar-refractivity contribution in [2.24, 2.45) is 0 Å². The Balaban J connectivity index is 0.00000176. The molecule has 0 amide bonds. The minimum atomic E-state index is -1.72. The highest BCUT2D eigenvalue weighted by Crippen LogP contribution is 2.41. The third-order valence-corrected chi connectivity index (χ3v) is 7.01. The van der Waals surface area contributed by atoms with Crippen molar-refractivity contribution in [3.05, 3.63) is 29.8 Å². The van der Waals surface area contributed by atoms with E-state index < -0.39 is 11.5 Å². The second-order valence-electron chi connectivity index (χ2n) is 9.91. The van der Waals surface area contributed by atoms with Crippen LogP contribution in [0, 0.1) is 0 Å². The number of hydrogen-bond donors (Lipinski definition) is 1. The Morgan fingerprint density at radius 1 is 1.19 bits per heavy atom. The van der Waals surface area contributed by atoms with Crippen molar-refractivity contribution in [3.63, 3.8) is 0 Å². The molecule has 1 saturated carbocycles. The lowest BCUT2D eigenvalue weighted by Gasteiger charge is -2.44. The zero-order chi connectivity index (χ0) is 23.8. The van der Waals surface area contributed by atoms with E-state index in [0.717, 1.165) is 63.8 Å². The van der Waals surface area contributed by atoms with E-state index in [9.17, 15) is 9.50 Å². The van der Waals surface area contributed by atoms with Gasteiger partial charge in [-0.2, -0.15) is 4.39 Å². The van der Waals surface area contributed by atoms with Crippen LogP contribution in [0.4, 0.5) is 4.39 Å². The highest BCUT2D eigenvalue weighted by Gasteiger charge is 2.40. The van der Waals surface area contributed by atoms with Crippen LogP contribution in [0.5, 0.6) is 5.75 Å². The van der Waals surface area contributed by atoms with E-state index in [4.69, 9.17) is 4.74 Å². The van der Waals surface area contributed by atoms with Crippen molar-refractivity contribution in [1.29, 1.82) is 0 Å². The Bertz CT molecular complexity index is 674. The molecule has 4 nitrogen and oxygen atoms in total. The van der Waals surface area contributed by atoms with E-state index in [-0.39, 0.29) is 5.92 Å². The summed E-state index contributed by atoms with van der Waals surface area (Å²) in [6.07, 6.45) is 7.34. The molecule has 32 heavy (non-hydrogen) atoms. The Morgan fingerprint density at radius 3 is 2.44 bits per heavy atom. The van der Waals surface area contributed by atoms with E-state index in [1.165, 1.54) is 26.7 Å². The number of benzene rings is 1. The van der Waals surface area contributed by atoms with E-state index in [1.54, 1.807) is 0 Å². The molecule has 3 atom stereocenters. The Morgan fingerprint density at radius 2 is 1.84 bits per heavy atom. The van der Waals surface area contributed by atoms with Crippen LogP contribution in [-0.2, 0) is 0 Å². The van der Waals surface area contributed by atoms with Gasteiger partial charge in [-0.3, -0.25) is 4.90 Å². The van der Waals surface area contributed by atoms with Gasteiger partial charge in [0.05, 0.1) is 5.60 Å². The Labute approximate surface area is 198 Å². The molecule has 3 rings (SSSR count). The number of likely N-dealkylation sites (N-methyl/N-ethyl adjacent to an activating group) is 1. The molecule has 0 aromatic heterocycles. The molecule has 0 bridgehead atoms. The molecule has 1 aromatic carbocycles. The van der Waals surface area contributed by atoms with Crippen molar-refractivity contribution in [2.45, 2.75) is 89.1 Å². The lowest BCUT2D eigenvalue weighted by Crippen LogP contribution is -2.53. The summed E-state index contributed by atoms with van der Waals surface area (Å²) in [5.41, 5.74) is 0.346. The zero-order valence-corrected chi connectivity index (χ0v) is 22.1. The van der Waals surface area contributed by atoms with Crippen LogP contribution in [0.25, 0.3) is 0 Å². The predicted octanol–water partition coefficient (Wildman–Crippen LogP) is 5.46. The van der Waals surface area contributed by atoms with Gasteiger partial charge >= 0.3 is 0 Å². The molecule has 2 fully saturated rings. The van der Waals surface area contributed by atoms with Crippen LogP contribution in [0.15, 0.2) is 24.3 Å². The number of rotatable bonds is 7. The van der Waals surface area contributed by atoms with Crippen molar-refractivity contribution in [3.8, 4) is 5.75 Å². The van der Waals surface area contributed by atoms with Crippen molar-refractivity contribution >= 4 is 9.24 Å². The quantitative estimate of drug-likeness (QED) is 0.426. The highest BCUT2D eigenvalue weighted by atomic mass is 31.0. The van der Waals surface area contributed by atoms with Crippen LogP contribution >= 0.6 is 9.24 Å². The highest BCUT2D eigenvalue weighted by molar-refractivity contribution is 7.15. The predicted molar refractivity (Wildman–Crippen MR) is 136 cm³/mol.